The summed E-state index contributed by atoms with van der Waals surface area (Å²) in [6.45, 7) is 12.6. The fourth-order valence-corrected chi connectivity index (χ4v) is 2.55. The first-order valence-corrected chi connectivity index (χ1v) is 6.28. The van der Waals surface area contributed by atoms with Crippen LogP contribution in [0, 0.1) is 11.3 Å². The maximum atomic E-state index is 6.01. The highest BCUT2D eigenvalue weighted by atomic mass is 16.5. The van der Waals surface area contributed by atoms with Gasteiger partial charge in [0.25, 0.3) is 0 Å². The third-order valence-corrected chi connectivity index (χ3v) is 3.81. The minimum atomic E-state index is 0.0732. The van der Waals surface area contributed by atoms with Gasteiger partial charge < -0.3 is 10.5 Å². The van der Waals surface area contributed by atoms with E-state index < -0.39 is 0 Å². The Bertz CT molecular complexity index is 218. The van der Waals surface area contributed by atoms with Gasteiger partial charge in [0.1, 0.15) is 0 Å². The van der Waals surface area contributed by atoms with Crippen LogP contribution >= 0.6 is 0 Å². The zero-order chi connectivity index (χ0) is 12.4. The number of hydrogen-bond donors (Lipinski definition) is 1. The lowest BCUT2D eigenvalue weighted by atomic mass is 9.82. The Hall–Kier alpha value is -0.120. The molecule has 0 radical (unpaired) electrons. The van der Waals surface area contributed by atoms with Crippen molar-refractivity contribution >= 4 is 0 Å². The molecule has 0 saturated carbocycles. The monoisotopic (exact) mass is 228 g/mol. The number of ether oxygens (including phenoxy) is 1. The summed E-state index contributed by atoms with van der Waals surface area (Å²) in [5.41, 5.74) is 6.39. The molecule has 1 aliphatic heterocycles. The van der Waals surface area contributed by atoms with Crippen molar-refractivity contribution in [2.24, 2.45) is 17.1 Å². The standard InChI is InChI=1S/C13H28N2O/c1-12(2,3)10-15(5)13(4,9-14)11-6-7-16-8-11/h11H,6-10,14H2,1-5H3. The number of hydrogen-bond acceptors (Lipinski definition) is 3. The maximum absolute atomic E-state index is 6.01. The van der Waals surface area contributed by atoms with E-state index in [0.29, 0.717) is 17.9 Å². The van der Waals surface area contributed by atoms with Crippen molar-refractivity contribution in [3.63, 3.8) is 0 Å². The highest BCUT2D eigenvalue weighted by molar-refractivity contribution is 4.95. The molecule has 96 valence electrons. The molecule has 1 aliphatic rings. The zero-order valence-corrected chi connectivity index (χ0v) is 11.5. The van der Waals surface area contributed by atoms with E-state index in [1.54, 1.807) is 0 Å². The van der Waals surface area contributed by atoms with E-state index >= 15 is 0 Å². The summed E-state index contributed by atoms with van der Waals surface area (Å²) in [6.07, 6.45) is 1.14. The third-order valence-electron chi connectivity index (χ3n) is 3.81. The Morgan fingerprint density at radius 3 is 2.31 bits per heavy atom. The van der Waals surface area contributed by atoms with Crippen molar-refractivity contribution < 1.29 is 4.74 Å². The van der Waals surface area contributed by atoms with Gasteiger partial charge in [-0.25, -0.2) is 0 Å². The van der Waals surface area contributed by atoms with Crippen LogP contribution in [0.5, 0.6) is 0 Å². The van der Waals surface area contributed by atoms with Crippen LogP contribution in [0.25, 0.3) is 0 Å². The first kappa shape index (κ1) is 13.9. The van der Waals surface area contributed by atoms with E-state index in [0.717, 1.165) is 26.2 Å². The SMILES string of the molecule is CN(CC(C)(C)C)C(C)(CN)C1CCOC1. The first-order valence-electron chi connectivity index (χ1n) is 6.28. The molecule has 0 aromatic rings. The predicted molar refractivity (Wildman–Crippen MR) is 68.5 cm³/mol. The van der Waals surface area contributed by atoms with E-state index in [1.807, 2.05) is 0 Å². The van der Waals surface area contributed by atoms with Crippen LogP contribution in [-0.2, 0) is 4.74 Å². The number of likely N-dealkylation sites (N-methyl/N-ethyl adjacent to an activating group) is 1. The molecule has 1 saturated heterocycles. The fraction of sp³-hybridized carbons (Fsp3) is 1.00. The molecule has 2 unspecified atom stereocenters. The molecule has 2 atom stereocenters. The van der Waals surface area contributed by atoms with Gasteiger partial charge in [-0.05, 0) is 25.8 Å². The quantitative estimate of drug-likeness (QED) is 0.796. The summed E-state index contributed by atoms with van der Waals surface area (Å²) in [7, 11) is 2.19. The lowest BCUT2D eigenvalue weighted by Gasteiger charge is -2.44. The van der Waals surface area contributed by atoms with Crippen LogP contribution in [0.4, 0.5) is 0 Å². The Labute approximate surface area is 100 Å². The molecule has 0 aromatic heterocycles. The van der Waals surface area contributed by atoms with Crippen LogP contribution in [0.2, 0.25) is 0 Å². The molecule has 3 nitrogen and oxygen atoms in total. The highest BCUT2D eigenvalue weighted by Gasteiger charge is 2.39. The fourth-order valence-electron chi connectivity index (χ4n) is 2.55. The Morgan fingerprint density at radius 2 is 1.94 bits per heavy atom. The number of rotatable bonds is 4. The molecule has 0 spiro atoms. The summed E-state index contributed by atoms with van der Waals surface area (Å²) in [4.78, 5) is 2.42. The van der Waals surface area contributed by atoms with E-state index in [2.05, 4.69) is 39.6 Å². The lowest BCUT2D eigenvalue weighted by molar-refractivity contribution is 0.0426. The van der Waals surface area contributed by atoms with E-state index in [-0.39, 0.29) is 5.54 Å². The van der Waals surface area contributed by atoms with E-state index in [9.17, 15) is 0 Å². The van der Waals surface area contributed by atoms with Crippen molar-refractivity contribution in [3.8, 4) is 0 Å². The number of nitrogens with two attached hydrogens (primary N) is 1. The van der Waals surface area contributed by atoms with Gasteiger partial charge in [0.15, 0.2) is 0 Å². The zero-order valence-electron chi connectivity index (χ0n) is 11.5. The van der Waals surface area contributed by atoms with Crippen LogP contribution in [0.3, 0.4) is 0 Å². The van der Waals surface area contributed by atoms with Gasteiger partial charge in [0.2, 0.25) is 0 Å². The van der Waals surface area contributed by atoms with Crippen molar-refractivity contribution in [1.82, 2.24) is 4.90 Å². The lowest BCUT2D eigenvalue weighted by Crippen LogP contribution is -2.57. The normalized spacial score (nSPS) is 26.1. The van der Waals surface area contributed by atoms with Gasteiger partial charge in [-0.2, -0.15) is 0 Å². The van der Waals surface area contributed by atoms with Crippen LogP contribution in [0.15, 0.2) is 0 Å². The van der Waals surface area contributed by atoms with Gasteiger partial charge in [-0.1, -0.05) is 20.8 Å². The van der Waals surface area contributed by atoms with Gasteiger partial charge in [-0.15, -0.1) is 0 Å². The predicted octanol–water partition coefficient (Wildman–Crippen LogP) is 1.72. The molecule has 1 fully saturated rings. The highest BCUT2D eigenvalue weighted by Crippen LogP contribution is 2.31. The van der Waals surface area contributed by atoms with Crippen LogP contribution in [0.1, 0.15) is 34.1 Å². The molecule has 1 heterocycles. The summed E-state index contributed by atoms with van der Waals surface area (Å²) in [6, 6.07) is 0. The number of nitrogens with zero attached hydrogens (tertiary/aromatic N) is 1. The summed E-state index contributed by atoms with van der Waals surface area (Å²) < 4.78 is 5.50. The Kier molecular flexibility index (Phi) is 4.38. The van der Waals surface area contributed by atoms with Crippen molar-refractivity contribution in [2.45, 2.75) is 39.7 Å². The molecule has 0 aromatic carbocycles. The van der Waals surface area contributed by atoms with Crippen molar-refractivity contribution in [2.75, 3.05) is 33.4 Å². The molecule has 1 rings (SSSR count). The average molecular weight is 228 g/mol. The van der Waals surface area contributed by atoms with Gasteiger partial charge >= 0.3 is 0 Å². The molecular formula is C13H28N2O. The molecular weight excluding hydrogens is 200 g/mol. The molecule has 0 aliphatic carbocycles. The minimum Gasteiger partial charge on any atom is -0.381 e. The van der Waals surface area contributed by atoms with Crippen LogP contribution in [-0.4, -0.2) is 43.8 Å². The Morgan fingerprint density at radius 1 is 1.31 bits per heavy atom. The van der Waals surface area contributed by atoms with E-state index in [4.69, 9.17) is 10.5 Å². The summed E-state index contributed by atoms with van der Waals surface area (Å²) in [5.74, 6) is 0.574. The third kappa shape index (κ3) is 3.19. The molecule has 0 amide bonds. The maximum Gasteiger partial charge on any atom is 0.0513 e. The van der Waals surface area contributed by atoms with Gasteiger partial charge in [0, 0.05) is 31.2 Å². The molecule has 0 bridgehead atoms. The minimum absolute atomic E-state index is 0.0732. The summed E-state index contributed by atoms with van der Waals surface area (Å²) in [5, 5.41) is 0. The average Bonchev–Trinajstić information content (AvgIpc) is 2.66. The topological polar surface area (TPSA) is 38.5 Å². The van der Waals surface area contributed by atoms with Crippen molar-refractivity contribution in [1.29, 1.82) is 0 Å². The second kappa shape index (κ2) is 5.03. The summed E-state index contributed by atoms with van der Waals surface area (Å²) >= 11 is 0. The Balaban J connectivity index is 2.70. The smallest absolute Gasteiger partial charge is 0.0513 e. The van der Waals surface area contributed by atoms with E-state index in [1.165, 1.54) is 0 Å². The van der Waals surface area contributed by atoms with Gasteiger partial charge in [-0.3, -0.25) is 4.90 Å². The van der Waals surface area contributed by atoms with Crippen LogP contribution < -0.4 is 5.73 Å². The molecule has 16 heavy (non-hydrogen) atoms. The van der Waals surface area contributed by atoms with Gasteiger partial charge in [0.05, 0.1) is 6.61 Å². The first-order chi connectivity index (χ1) is 7.29. The molecule has 3 heteroatoms. The molecule has 2 N–H and O–H groups in total. The second-order valence-corrected chi connectivity index (χ2v) is 6.54. The second-order valence-electron chi connectivity index (χ2n) is 6.54. The largest absolute Gasteiger partial charge is 0.381 e. The van der Waals surface area contributed by atoms with Crippen molar-refractivity contribution in [3.05, 3.63) is 0 Å².